The van der Waals surface area contributed by atoms with Crippen LogP contribution in [-0.2, 0) is 28.6 Å². The average molecular weight is 450 g/mol. The van der Waals surface area contributed by atoms with Crippen LogP contribution in [0.2, 0.25) is 0 Å². The molecule has 0 aliphatic carbocycles. The van der Waals surface area contributed by atoms with E-state index in [2.05, 4.69) is 5.32 Å². The van der Waals surface area contributed by atoms with Gasteiger partial charge in [-0.3, -0.25) is 0 Å². The topological polar surface area (TPSA) is 108 Å². The van der Waals surface area contributed by atoms with Crippen LogP contribution < -0.4 is 5.32 Å². The smallest absolute Gasteiger partial charge is 0.408 e. The Morgan fingerprint density at radius 2 is 1.55 bits per heavy atom. The van der Waals surface area contributed by atoms with E-state index in [4.69, 9.17) is 13.7 Å². The molecule has 0 spiro atoms. The van der Waals surface area contributed by atoms with E-state index in [-0.39, 0.29) is 4.90 Å². The number of rotatable bonds is 7. The van der Waals surface area contributed by atoms with E-state index < -0.39 is 39.9 Å². The van der Waals surface area contributed by atoms with Crippen LogP contribution in [0.25, 0.3) is 0 Å². The maximum absolute atomic E-state index is 12.9. The lowest BCUT2D eigenvalue weighted by Gasteiger charge is -2.28. The van der Waals surface area contributed by atoms with Crippen LogP contribution in [0.5, 0.6) is 0 Å². The second-order valence-corrected chi connectivity index (χ2v) is 9.41. The number of nitrogens with one attached hydrogen (secondary N) is 1. The molecule has 1 amide bonds. The predicted octanol–water partition coefficient (Wildman–Crippen LogP) is 3.51. The molecule has 0 aromatic heterocycles. The van der Waals surface area contributed by atoms with E-state index in [0.717, 1.165) is 12.7 Å². The molecule has 0 aliphatic rings. The molecule has 0 aliphatic heterocycles. The summed E-state index contributed by atoms with van der Waals surface area (Å²) in [5, 5.41) is 2.54. The van der Waals surface area contributed by atoms with Gasteiger partial charge in [0.2, 0.25) is 0 Å². The van der Waals surface area contributed by atoms with E-state index >= 15 is 0 Å². The number of amides is 1. The predicted molar refractivity (Wildman–Crippen MR) is 114 cm³/mol. The Morgan fingerprint density at radius 3 is 2.06 bits per heavy atom. The summed E-state index contributed by atoms with van der Waals surface area (Å²) in [4.78, 5) is 24.9. The van der Waals surface area contributed by atoms with Gasteiger partial charge in [-0.1, -0.05) is 48.0 Å². The maximum atomic E-state index is 12.9. The van der Waals surface area contributed by atoms with E-state index in [1.807, 2.05) is 6.92 Å². The summed E-state index contributed by atoms with van der Waals surface area (Å²) in [6, 6.07) is 13.1. The Kier molecular flexibility index (Phi) is 7.80. The summed E-state index contributed by atoms with van der Waals surface area (Å²) in [7, 11) is -3.24. The largest absolute Gasteiger partial charge is 0.467 e. The molecule has 9 heteroatoms. The minimum absolute atomic E-state index is 0.129. The van der Waals surface area contributed by atoms with Crippen molar-refractivity contribution in [1.82, 2.24) is 5.32 Å². The first-order chi connectivity index (χ1) is 14.4. The van der Waals surface area contributed by atoms with Crippen molar-refractivity contribution >= 4 is 22.2 Å². The minimum Gasteiger partial charge on any atom is -0.467 e. The number of hydrogen-bond acceptors (Lipinski definition) is 7. The van der Waals surface area contributed by atoms with Gasteiger partial charge < -0.3 is 14.8 Å². The molecule has 0 unspecified atom stereocenters. The van der Waals surface area contributed by atoms with Gasteiger partial charge in [0.05, 0.1) is 18.0 Å². The first kappa shape index (κ1) is 24.4. The molecule has 0 fully saturated rings. The highest BCUT2D eigenvalue weighted by Gasteiger charge is 2.38. The Balaban J connectivity index is 2.44. The number of carbonyl (C=O) groups excluding carboxylic acids is 2. The molecule has 2 rings (SSSR count). The maximum Gasteiger partial charge on any atom is 0.408 e. The summed E-state index contributed by atoms with van der Waals surface area (Å²) in [6.07, 6.45) is -2.53. The number of ether oxygens (including phenoxy) is 2. The van der Waals surface area contributed by atoms with Crippen molar-refractivity contribution < 1.29 is 31.7 Å². The fraction of sp³-hybridized carbons (Fsp3) is 0.364. The van der Waals surface area contributed by atoms with Gasteiger partial charge in [0.15, 0.2) is 6.10 Å². The fourth-order valence-corrected chi connectivity index (χ4v) is 3.72. The van der Waals surface area contributed by atoms with Crippen molar-refractivity contribution in [2.75, 3.05) is 7.11 Å². The van der Waals surface area contributed by atoms with E-state index in [1.54, 1.807) is 63.2 Å². The molecule has 168 valence electrons. The Hall–Kier alpha value is -2.91. The first-order valence-electron chi connectivity index (χ1n) is 9.55. The summed E-state index contributed by atoms with van der Waals surface area (Å²) in [5.41, 5.74) is 0.487. The molecule has 8 nitrogen and oxygen atoms in total. The molecule has 0 heterocycles. The number of esters is 1. The SMILES string of the molecule is COC(=O)[C@H](OS(=O)(=O)c1ccc(C)cc1)[C@@H](NC(=O)OC(C)(C)C)c1ccccc1. The van der Waals surface area contributed by atoms with Crippen molar-refractivity contribution in [3.8, 4) is 0 Å². The van der Waals surface area contributed by atoms with Crippen LogP contribution in [0.3, 0.4) is 0 Å². The molecule has 0 bridgehead atoms. The summed E-state index contributed by atoms with van der Waals surface area (Å²) in [6.45, 7) is 6.85. The zero-order chi connectivity index (χ0) is 23.2. The molecule has 2 atom stereocenters. The lowest BCUT2D eigenvalue weighted by Crippen LogP contribution is -2.45. The molecule has 0 radical (unpaired) electrons. The third-order valence-corrected chi connectivity index (χ3v) is 5.42. The zero-order valence-corrected chi connectivity index (χ0v) is 18.9. The lowest BCUT2D eigenvalue weighted by molar-refractivity contribution is -0.150. The Bertz CT molecular complexity index is 996. The molecular weight excluding hydrogens is 422 g/mol. The van der Waals surface area contributed by atoms with Crippen LogP contribution in [-0.4, -0.2) is 39.3 Å². The number of methoxy groups -OCH3 is 1. The van der Waals surface area contributed by atoms with Gasteiger partial charge in [-0.15, -0.1) is 0 Å². The number of benzene rings is 2. The molecule has 2 aromatic carbocycles. The van der Waals surface area contributed by atoms with Gasteiger partial charge in [-0.25, -0.2) is 13.8 Å². The van der Waals surface area contributed by atoms with Crippen molar-refractivity contribution in [2.45, 2.75) is 50.3 Å². The second-order valence-electron chi connectivity index (χ2n) is 7.84. The zero-order valence-electron chi connectivity index (χ0n) is 18.1. The molecule has 31 heavy (non-hydrogen) atoms. The number of aryl methyl sites for hydroxylation is 1. The fourth-order valence-electron chi connectivity index (χ4n) is 2.67. The second kappa shape index (κ2) is 9.93. The van der Waals surface area contributed by atoms with E-state index in [1.165, 1.54) is 12.1 Å². The van der Waals surface area contributed by atoms with Gasteiger partial charge in [0, 0.05) is 0 Å². The van der Waals surface area contributed by atoms with E-state index in [0.29, 0.717) is 5.56 Å². The van der Waals surface area contributed by atoms with Crippen molar-refractivity contribution in [1.29, 1.82) is 0 Å². The normalized spacial score (nSPS) is 13.7. The van der Waals surface area contributed by atoms with Crippen molar-refractivity contribution in [2.24, 2.45) is 0 Å². The Labute approximate surface area is 182 Å². The van der Waals surface area contributed by atoms with E-state index in [9.17, 15) is 18.0 Å². The van der Waals surface area contributed by atoms with Crippen LogP contribution in [0, 0.1) is 6.92 Å². The highest BCUT2D eigenvalue weighted by atomic mass is 32.2. The van der Waals surface area contributed by atoms with Crippen LogP contribution in [0.15, 0.2) is 59.5 Å². The lowest BCUT2D eigenvalue weighted by atomic mass is 10.0. The van der Waals surface area contributed by atoms with Gasteiger partial charge in [0.1, 0.15) is 5.60 Å². The van der Waals surface area contributed by atoms with Crippen LogP contribution in [0.4, 0.5) is 4.79 Å². The molecule has 1 N–H and O–H groups in total. The quantitative estimate of drug-likeness (QED) is 0.509. The van der Waals surface area contributed by atoms with Gasteiger partial charge in [-0.05, 0) is 45.4 Å². The van der Waals surface area contributed by atoms with Gasteiger partial charge in [-0.2, -0.15) is 8.42 Å². The first-order valence-corrected chi connectivity index (χ1v) is 11.0. The monoisotopic (exact) mass is 449 g/mol. The third-order valence-electron chi connectivity index (χ3n) is 4.11. The molecular formula is C22H27NO7S. The number of alkyl carbamates (subject to hydrolysis) is 1. The van der Waals surface area contributed by atoms with Gasteiger partial charge >= 0.3 is 12.1 Å². The summed E-state index contributed by atoms with van der Waals surface area (Å²) >= 11 is 0. The average Bonchev–Trinajstić information content (AvgIpc) is 2.69. The summed E-state index contributed by atoms with van der Waals surface area (Å²) < 4.78 is 41.0. The van der Waals surface area contributed by atoms with Gasteiger partial charge in [0.25, 0.3) is 10.1 Å². The highest BCUT2D eigenvalue weighted by Crippen LogP contribution is 2.25. The van der Waals surface area contributed by atoms with Crippen molar-refractivity contribution in [3.05, 3.63) is 65.7 Å². The summed E-state index contributed by atoms with van der Waals surface area (Å²) in [5.74, 6) is -0.972. The molecule has 2 aromatic rings. The molecule has 0 saturated carbocycles. The third kappa shape index (κ3) is 7.08. The standard InChI is InChI=1S/C22H27NO7S/c1-15-11-13-17(14-12-15)31(26,27)30-19(20(24)28-5)18(16-9-7-6-8-10-16)23-21(25)29-22(2,3)4/h6-14,18-19H,1-5H3,(H,23,25)/t18-,19+/m0/s1. The van der Waals surface area contributed by atoms with Crippen molar-refractivity contribution in [3.63, 3.8) is 0 Å². The number of carbonyl (C=O) groups is 2. The van der Waals surface area contributed by atoms with Crippen LogP contribution >= 0.6 is 0 Å². The Morgan fingerprint density at radius 1 is 0.968 bits per heavy atom. The van der Waals surface area contributed by atoms with Crippen LogP contribution in [0.1, 0.15) is 37.9 Å². The highest BCUT2D eigenvalue weighted by molar-refractivity contribution is 7.86. The molecule has 0 saturated heterocycles. The minimum atomic E-state index is -4.35. The number of hydrogen-bond donors (Lipinski definition) is 1.